The molecule has 2 amide bonds. The number of carbonyl (C=O) groups excluding carboxylic acids is 1. The van der Waals surface area contributed by atoms with Gasteiger partial charge in [-0.05, 0) is 12.8 Å². The van der Waals surface area contributed by atoms with Crippen LogP contribution in [0.1, 0.15) is 38.9 Å². The van der Waals surface area contributed by atoms with Gasteiger partial charge in [0.25, 0.3) is 0 Å². The van der Waals surface area contributed by atoms with Crippen LogP contribution in [0.2, 0.25) is 0 Å². The van der Waals surface area contributed by atoms with Crippen molar-refractivity contribution in [3.8, 4) is 0 Å². The molecule has 0 radical (unpaired) electrons. The summed E-state index contributed by atoms with van der Waals surface area (Å²) in [6, 6.07) is -0.153. The Bertz CT molecular complexity index is 527. The number of aromatic nitrogens is 3. The smallest absolute Gasteiger partial charge is 0.317 e. The quantitative estimate of drug-likeness (QED) is 0.825. The summed E-state index contributed by atoms with van der Waals surface area (Å²) in [6.45, 7) is 5.87. The molecule has 1 aromatic heterocycles. The maximum absolute atomic E-state index is 12.1. The molecular formula is C14H24N6O2. The standard InChI is InChI=1S/C14H24N6O2/c1-4-6-20-10-16-17-13(20)9-19(3)14(21)15-8-12-7-11(5-2)18-22-12/h10,12H,4-9H2,1-3H3,(H,15,21). The van der Waals surface area contributed by atoms with Gasteiger partial charge in [-0.2, -0.15) is 0 Å². The van der Waals surface area contributed by atoms with E-state index in [0.29, 0.717) is 13.1 Å². The van der Waals surface area contributed by atoms with Crippen molar-refractivity contribution in [2.75, 3.05) is 13.6 Å². The van der Waals surface area contributed by atoms with Gasteiger partial charge in [0.1, 0.15) is 12.4 Å². The number of amides is 2. The maximum atomic E-state index is 12.1. The SMILES string of the molecule is CCCn1cnnc1CN(C)C(=O)NCC1CC(CC)=NO1. The third kappa shape index (κ3) is 4.19. The zero-order chi connectivity index (χ0) is 15.9. The Morgan fingerprint density at radius 3 is 3.05 bits per heavy atom. The Kier molecular flexibility index (Phi) is 5.74. The van der Waals surface area contributed by atoms with E-state index >= 15 is 0 Å². The van der Waals surface area contributed by atoms with Gasteiger partial charge in [-0.15, -0.1) is 10.2 Å². The van der Waals surface area contributed by atoms with Gasteiger partial charge in [-0.1, -0.05) is 19.0 Å². The molecule has 1 atom stereocenters. The lowest BCUT2D eigenvalue weighted by atomic mass is 10.1. The van der Waals surface area contributed by atoms with Crippen LogP contribution in [-0.2, 0) is 17.9 Å². The molecule has 22 heavy (non-hydrogen) atoms. The Morgan fingerprint density at radius 2 is 2.36 bits per heavy atom. The molecule has 8 heteroatoms. The lowest BCUT2D eigenvalue weighted by Crippen LogP contribution is -2.41. The fraction of sp³-hybridized carbons (Fsp3) is 0.714. The number of hydrogen-bond donors (Lipinski definition) is 1. The Morgan fingerprint density at radius 1 is 1.55 bits per heavy atom. The second-order valence-corrected chi connectivity index (χ2v) is 5.43. The first-order valence-corrected chi connectivity index (χ1v) is 7.71. The van der Waals surface area contributed by atoms with Crippen LogP contribution in [0, 0.1) is 0 Å². The van der Waals surface area contributed by atoms with Gasteiger partial charge in [0.05, 0.1) is 18.8 Å². The number of hydrogen-bond acceptors (Lipinski definition) is 5. The van der Waals surface area contributed by atoms with Crippen molar-refractivity contribution in [1.29, 1.82) is 0 Å². The van der Waals surface area contributed by atoms with Gasteiger partial charge in [0.2, 0.25) is 0 Å². The van der Waals surface area contributed by atoms with E-state index in [2.05, 4.69) is 27.6 Å². The van der Waals surface area contributed by atoms with E-state index < -0.39 is 0 Å². The fourth-order valence-electron chi connectivity index (χ4n) is 2.25. The summed E-state index contributed by atoms with van der Waals surface area (Å²) in [6.07, 6.45) is 4.30. The van der Waals surface area contributed by atoms with E-state index in [1.54, 1.807) is 18.3 Å². The van der Waals surface area contributed by atoms with Crippen LogP contribution in [0.5, 0.6) is 0 Å². The molecule has 0 bridgehead atoms. The largest absolute Gasteiger partial charge is 0.390 e. The highest BCUT2D eigenvalue weighted by Gasteiger charge is 2.21. The third-order valence-corrected chi connectivity index (χ3v) is 3.57. The number of nitrogens with zero attached hydrogens (tertiary/aromatic N) is 5. The van der Waals surface area contributed by atoms with Crippen LogP contribution in [0.15, 0.2) is 11.5 Å². The molecule has 0 saturated carbocycles. The molecule has 1 aliphatic rings. The Hall–Kier alpha value is -2.12. The summed E-state index contributed by atoms with van der Waals surface area (Å²) in [4.78, 5) is 19.0. The Labute approximate surface area is 130 Å². The van der Waals surface area contributed by atoms with Crippen LogP contribution in [0.3, 0.4) is 0 Å². The molecule has 1 aromatic rings. The van der Waals surface area contributed by atoms with E-state index in [1.807, 2.05) is 11.5 Å². The number of oxime groups is 1. The zero-order valence-electron chi connectivity index (χ0n) is 13.4. The highest BCUT2D eigenvalue weighted by atomic mass is 16.6. The zero-order valence-corrected chi connectivity index (χ0v) is 13.4. The molecule has 0 fully saturated rings. The van der Waals surface area contributed by atoms with Crippen molar-refractivity contribution >= 4 is 11.7 Å². The van der Waals surface area contributed by atoms with Crippen molar-refractivity contribution in [3.63, 3.8) is 0 Å². The molecule has 1 N–H and O–H groups in total. The molecular weight excluding hydrogens is 284 g/mol. The summed E-state index contributed by atoms with van der Waals surface area (Å²) in [5, 5.41) is 14.8. The second-order valence-electron chi connectivity index (χ2n) is 5.43. The summed E-state index contributed by atoms with van der Waals surface area (Å²) >= 11 is 0. The number of urea groups is 1. The van der Waals surface area contributed by atoms with E-state index in [9.17, 15) is 4.79 Å². The first kappa shape index (κ1) is 16.3. The van der Waals surface area contributed by atoms with Crippen LogP contribution < -0.4 is 5.32 Å². The predicted octanol–water partition coefficient (Wildman–Crippen LogP) is 1.38. The summed E-state index contributed by atoms with van der Waals surface area (Å²) in [5.74, 6) is 0.785. The normalized spacial score (nSPS) is 17.0. The molecule has 2 heterocycles. The number of carbonyl (C=O) groups is 1. The molecule has 2 rings (SSSR count). The highest BCUT2D eigenvalue weighted by Crippen LogP contribution is 2.11. The van der Waals surface area contributed by atoms with Gasteiger partial charge >= 0.3 is 6.03 Å². The fourth-order valence-corrected chi connectivity index (χ4v) is 2.25. The molecule has 1 unspecified atom stereocenters. The summed E-state index contributed by atoms with van der Waals surface area (Å²) in [5.41, 5.74) is 1.04. The third-order valence-electron chi connectivity index (χ3n) is 3.57. The average molecular weight is 308 g/mol. The summed E-state index contributed by atoms with van der Waals surface area (Å²) in [7, 11) is 1.74. The van der Waals surface area contributed by atoms with Crippen molar-refractivity contribution in [3.05, 3.63) is 12.2 Å². The van der Waals surface area contributed by atoms with E-state index in [1.165, 1.54) is 0 Å². The van der Waals surface area contributed by atoms with Crippen LogP contribution in [0.4, 0.5) is 4.79 Å². The molecule has 0 spiro atoms. The van der Waals surface area contributed by atoms with Crippen molar-refractivity contribution in [2.24, 2.45) is 5.16 Å². The molecule has 0 saturated heterocycles. The second kappa shape index (κ2) is 7.77. The van der Waals surface area contributed by atoms with Crippen molar-refractivity contribution < 1.29 is 9.63 Å². The minimum atomic E-state index is -0.153. The van der Waals surface area contributed by atoms with Gasteiger partial charge in [0.15, 0.2) is 5.82 Å². The topological polar surface area (TPSA) is 84.6 Å². The first-order valence-electron chi connectivity index (χ1n) is 7.71. The van der Waals surface area contributed by atoms with Crippen LogP contribution in [-0.4, -0.2) is 51.1 Å². The molecule has 1 aliphatic heterocycles. The van der Waals surface area contributed by atoms with Crippen molar-refractivity contribution in [1.82, 2.24) is 25.0 Å². The van der Waals surface area contributed by atoms with Crippen LogP contribution in [0.25, 0.3) is 0 Å². The first-order chi connectivity index (χ1) is 10.6. The van der Waals surface area contributed by atoms with Gasteiger partial charge < -0.3 is 19.6 Å². The van der Waals surface area contributed by atoms with E-state index in [0.717, 1.165) is 37.3 Å². The minimum absolute atomic E-state index is 0.0592. The minimum Gasteiger partial charge on any atom is -0.390 e. The van der Waals surface area contributed by atoms with Gasteiger partial charge in [-0.3, -0.25) is 0 Å². The predicted molar refractivity (Wildman–Crippen MR) is 82.4 cm³/mol. The lowest BCUT2D eigenvalue weighted by Gasteiger charge is -2.19. The Balaban J connectivity index is 1.76. The van der Waals surface area contributed by atoms with Gasteiger partial charge in [-0.25, -0.2) is 4.79 Å². The van der Waals surface area contributed by atoms with Crippen LogP contribution >= 0.6 is 0 Å². The highest BCUT2D eigenvalue weighted by molar-refractivity contribution is 5.85. The molecule has 0 aliphatic carbocycles. The number of aryl methyl sites for hydroxylation is 1. The average Bonchev–Trinajstić information content (AvgIpc) is 3.14. The van der Waals surface area contributed by atoms with E-state index in [-0.39, 0.29) is 12.1 Å². The monoisotopic (exact) mass is 308 g/mol. The summed E-state index contributed by atoms with van der Waals surface area (Å²) < 4.78 is 1.96. The number of rotatable bonds is 7. The van der Waals surface area contributed by atoms with Gasteiger partial charge in [0, 0.05) is 20.0 Å². The van der Waals surface area contributed by atoms with Crippen molar-refractivity contribution in [2.45, 2.75) is 52.3 Å². The number of nitrogens with one attached hydrogen (secondary N) is 1. The maximum Gasteiger partial charge on any atom is 0.317 e. The molecule has 8 nitrogen and oxygen atoms in total. The molecule has 122 valence electrons. The molecule has 0 aromatic carbocycles. The van der Waals surface area contributed by atoms with E-state index in [4.69, 9.17) is 4.84 Å². The lowest BCUT2D eigenvalue weighted by molar-refractivity contribution is 0.0850.